The summed E-state index contributed by atoms with van der Waals surface area (Å²) in [4.78, 5) is 0. The van der Waals surface area contributed by atoms with E-state index in [9.17, 15) is 0 Å². The quantitative estimate of drug-likeness (QED) is 0.224. The Hall–Kier alpha value is -1.56. The highest BCUT2D eigenvalue weighted by Crippen LogP contribution is 2.30. The van der Waals surface area contributed by atoms with E-state index in [2.05, 4.69) is 78.5 Å². The first kappa shape index (κ1) is 28.5. The van der Waals surface area contributed by atoms with Gasteiger partial charge in [-0.15, -0.1) is 0 Å². The van der Waals surface area contributed by atoms with Crippen LogP contribution in [-0.4, -0.2) is 0 Å². The van der Waals surface area contributed by atoms with Gasteiger partial charge in [0, 0.05) is 0 Å². The van der Waals surface area contributed by atoms with Gasteiger partial charge in [0.2, 0.25) is 0 Å². The molecule has 0 fully saturated rings. The summed E-state index contributed by atoms with van der Waals surface area (Å²) < 4.78 is 0. The van der Waals surface area contributed by atoms with Crippen LogP contribution in [0.3, 0.4) is 0 Å². The van der Waals surface area contributed by atoms with Gasteiger partial charge in [0.05, 0.1) is 0 Å². The molecule has 0 nitrogen and oxygen atoms in total. The normalized spacial score (nSPS) is 17.1. The highest BCUT2D eigenvalue weighted by Gasteiger charge is 2.13. The first-order valence-corrected chi connectivity index (χ1v) is 13.2. The predicted molar refractivity (Wildman–Crippen MR) is 147 cm³/mol. The fraction of sp³-hybridized carbons (Fsp3) is 0.625. The van der Waals surface area contributed by atoms with Gasteiger partial charge < -0.3 is 0 Å². The minimum absolute atomic E-state index is 0.777. The van der Waals surface area contributed by atoms with E-state index >= 15 is 0 Å². The van der Waals surface area contributed by atoms with E-state index in [1.807, 2.05) is 0 Å². The standard InChI is InChI=1S/C32H52/c1-26(2)13-8-15-28(5)17-10-18-30(7)23-24-32-22-12-21-31(25-32)20-11-19-29(6)16-9-14-27(3)4/h13-14,17,19,25,32H,7-12,15-16,18,20-24H2,1-6H3/b28-17+,29-19+/t32-/m0/s1. The van der Waals surface area contributed by atoms with Gasteiger partial charge in [-0.25, -0.2) is 0 Å². The summed E-state index contributed by atoms with van der Waals surface area (Å²) in [6.45, 7) is 17.7. The number of allylic oxidation sites excluding steroid dienone is 11. The van der Waals surface area contributed by atoms with Crippen molar-refractivity contribution in [3.63, 3.8) is 0 Å². The third-order valence-electron chi connectivity index (χ3n) is 6.54. The van der Waals surface area contributed by atoms with Crippen molar-refractivity contribution in [2.45, 2.75) is 125 Å². The molecule has 0 radical (unpaired) electrons. The zero-order valence-electron chi connectivity index (χ0n) is 22.4. The average molecular weight is 437 g/mol. The molecular formula is C32H52. The molecule has 0 aliphatic heterocycles. The largest absolute Gasteiger partial charge is 0.0999 e. The van der Waals surface area contributed by atoms with Crippen molar-refractivity contribution in [3.05, 3.63) is 70.4 Å². The molecule has 32 heavy (non-hydrogen) atoms. The summed E-state index contributed by atoms with van der Waals surface area (Å²) in [6.07, 6.45) is 28.3. The molecular weight excluding hydrogens is 384 g/mol. The van der Waals surface area contributed by atoms with E-state index in [1.165, 1.54) is 92.9 Å². The highest BCUT2D eigenvalue weighted by molar-refractivity contribution is 5.11. The van der Waals surface area contributed by atoms with Gasteiger partial charge in [-0.2, -0.15) is 0 Å². The minimum Gasteiger partial charge on any atom is -0.0999 e. The average Bonchev–Trinajstić information content (AvgIpc) is 2.72. The van der Waals surface area contributed by atoms with Crippen LogP contribution >= 0.6 is 0 Å². The minimum atomic E-state index is 0.777. The predicted octanol–water partition coefficient (Wildman–Crippen LogP) is 11.0. The Morgan fingerprint density at radius 3 is 1.94 bits per heavy atom. The number of hydrogen-bond donors (Lipinski definition) is 0. The van der Waals surface area contributed by atoms with Crippen LogP contribution in [0.5, 0.6) is 0 Å². The van der Waals surface area contributed by atoms with Gasteiger partial charge in [0.25, 0.3) is 0 Å². The van der Waals surface area contributed by atoms with Crippen LogP contribution in [0.1, 0.15) is 125 Å². The van der Waals surface area contributed by atoms with Gasteiger partial charge in [0.15, 0.2) is 0 Å². The summed E-state index contributed by atoms with van der Waals surface area (Å²) in [7, 11) is 0. The lowest BCUT2D eigenvalue weighted by Gasteiger charge is -2.21. The van der Waals surface area contributed by atoms with Crippen LogP contribution in [-0.2, 0) is 0 Å². The summed E-state index contributed by atoms with van der Waals surface area (Å²) in [5.74, 6) is 0.777. The molecule has 0 saturated carbocycles. The molecule has 0 spiro atoms. The third-order valence-corrected chi connectivity index (χ3v) is 6.54. The smallest absolute Gasteiger partial charge is 0.0228 e. The first-order chi connectivity index (χ1) is 15.3. The fourth-order valence-electron chi connectivity index (χ4n) is 4.45. The molecule has 0 unspecified atom stereocenters. The molecule has 0 saturated heterocycles. The zero-order valence-corrected chi connectivity index (χ0v) is 22.4. The van der Waals surface area contributed by atoms with E-state index in [1.54, 1.807) is 11.1 Å². The van der Waals surface area contributed by atoms with Crippen LogP contribution in [0, 0.1) is 5.92 Å². The van der Waals surface area contributed by atoms with Crippen molar-refractivity contribution < 1.29 is 0 Å². The van der Waals surface area contributed by atoms with Gasteiger partial charge in [0.1, 0.15) is 0 Å². The molecule has 0 N–H and O–H groups in total. The number of hydrogen-bond acceptors (Lipinski definition) is 0. The summed E-state index contributed by atoms with van der Waals surface area (Å²) in [5.41, 5.74) is 9.07. The molecule has 1 aliphatic carbocycles. The molecule has 0 heterocycles. The second-order valence-electron chi connectivity index (χ2n) is 10.6. The second kappa shape index (κ2) is 17.0. The van der Waals surface area contributed by atoms with Crippen molar-refractivity contribution in [2.24, 2.45) is 5.92 Å². The lowest BCUT2D eigenvalue weighted by atomic mass is 9.85. The molecule has 0 aromatic rings. The molecule has 180 valence electrons. The maximum Gasteiger partial charge on any atom is -0.0228 e. The monoisotopic (exact) mass is 436 g/mol. The molecule has 0 bridgehead atoms. The van der Waals surface area contributed by atoms with Gasteiger partial charge in [-0.1, -0.05) is 70.4 Å². The van der Waals surface area contributed by atoms with Crippen LogP contribution in [0.2, 0.25) is 0 Å². The van der Waals surface area contributed by atoms with Crippen molar-refractivity contribution in [2.75, 3.05) is 0 Å². The van der Waals surface area contributed by atoms with Crippen molar-refractivity contribution in [1.29, 1.82) is 0 Å². The van der Waals surface area contributed by atoms with E-state index in [0.29, 0.717) is 0 Å². The second-order valence-corrected chi connectivity index (χ2v) is 10.6. The van der Waals surface area contributed by atoms with E-state index in [4.69, 9.17) is 0 Å². The summed E-state index contributed by atoms with van der Waals surface area (Å²) in [6, 6.07) is 0. The molecule has 0 aromatic heterocycles. The molecule has 1 atom stereocenters. The van der Waals surface area contributed by atoms with Crippen LogP contribution < -0.4 is 0 Å². The third kappa shape index (κ3) is 15.3. The Balaban J connectivity index is 2.30. The Kier molecular flexibility index (Phi) is 15.1. The van der Waals surface area contributed by atoms with Crippen molar-refractivity contribution in [3.8, 4) is 0 Å². The Morgan fingerprint density at radius 1 is 0.781 bits per heavy atom. The first-order valence-electron chi connectivity index (χ1n) is 13.2. The van der Waals surface area contributed by atoms with Crippen LogP contribution in [0.25, 0.3) is 0 Å². The zero-order chi connectivity index (χ0) is 23.8. The molecule has 1 aliphatic rings. The number of rotatable bonds is 15. The van der Waals surface area contributed by atoms with Crippen LogP contribution in [0.15, 0.2) is 70.4 Å². The Bertz CT molecular complexity index is 696. The van der Waals surface area contributed by atoms with E-state index < -0.39 is 0 Å². The SMILES string of the molecule is C=C(CC/C=C(\C)CCC=C(C)C)CC[C@H]1C=C(CC/C=C(\C)CCC=C(C)C)CCC1. The van der Waals surface area contributed by atoms with Gasteiger partial charge in [-0.05, 0) is 131 Å². The maximum atomic E-state index is 4.37. The molecule has 0 aromatic carbocycles. The Labute approximate surface area is 201 Å². The Morgan fingerprint density at radius 2 is 1.34 bits per heavy atom. The lowest BCUT2D eigenvalue weighted by molar-refractivity contribution is 0.486. The molecule has 0 amide bonds. The molecule has 1 rings (SSSR count). The summed E-state index contributed by atoms with van der Waals surface area (Å²) >= 11 is 0. The fourth-order valence-corrected chi connectivity index (χ4v) is 4.45. The van der Waals surface area contributed by atoms with Gasteiger partial charge >= 0.3 is 0 Å². The van der Waals surface area contributed by atoms with Gasteiger partial charge in [-0.3, -0.25) is 0 Å². The van der Waals surface area contributed by atoms with Crippen molar-refractivity contribution in [1.82, 2.24) is 0 Å². The summed E-state index contributed by atoms with van der Waals surface area (Å²) in [5, 5.41) is 0. The van der Waals surface area contributed by atoms with E-state index in [-0.39, 0.29) is 0 Å². The topological polar surface area (TPSA) is 0 Å². The van der Waals surface area contributed by atoms with E-state index in [0.717, 1.165) is 18.8 Å². The molecule has 0 heteroatoms. The highest BCUT2D eigenvalue weighted by atomic mass is 14.2. The maximum absolute atomic E-state index is 4.37. The van der Waals surface area contributed by atoms with Crippen molar-refractivity contribution >= 4 is 0 Å². The van der Waals surface area contributed by atoms with Crippen LogP contribution in [0.4, 0.5) is 0 Å². The lowest BCUT2D eigenvalue weighted by Crippen LogP contribution is -2.05.